The quantitative estimate of drug-likeness (QED) is 0.831. The van der Waals surface area contributed by atoms with Crippen molar-refractivity contribution in [2.24, 2.45) is 0 Å². The molecule has 0 aliphatic carbocycles. The molecule has 1 aliphatic rings. The third kappa shape index (κ3) is 2.24. The number of aryl methyl sites for hydroxylation is 1. The highest BCUT2D eigenvalue weighted by Gasteiger charge is 2.33. The van der Waals surface area contributed by atoms with Crippen molar-refractivity contribution in [2.45, 2.75) is 27.3 Å². The van der Waals surface area contributed by atoms with E-state index in [2.05, 4.69) is 0 Å². The van der Waals surface area contributed by atoms with Gasteiger partial charge in [0.1, 0.15) is 11.5 Å². The molecule has 102 valence electrons. The second kappa shape index (κ2) is 4.70. The number of phenolic OH excluding ortho intramolecular Hbond substituents is 1. The summed E-state index contributed by atoms with van der Waals surface area (Å²) in [4.78, 5) is 14.3. The molecule has 0 saturated heterocycles. The molecule has 1 heterocycles. The lowest BCUT2D eigenvalue weighted by molar-refractivity contribution is 0.101. The number of hydrogen-bond acceptors (Lipinski definition) is 4. The number of aromatic hydroxyl groups is 1. The zero-order valence-corrected chi connectivity index (χ0v) is 12.0. The molecular formula is C15H19NO3. The Bertz CT molecular complexity index is 582. The Morgan fingerprint density at radius 3 is 2.53 bits per heavy atom. The van der Waals surface area contributed by atoms with Crippen LogP contribution in [0.2, 0.25) is 0 Å². The molecule has 1 aromatic carbocycles. The van der Waals surface area contributed by atoms with Crippen molar-refractivity contribution < 1.29 is 14.6 Å². The summed E-state index contributed by atoms with van der Waals surface area (Å²) in [5.74, 6) is 0.969. The van der Waals surface area contributed by atoms with Gasteiger partial charge in [-0.15, -0.1) is 0 Å². The lowest BCUT2D eigenvalue weighted by Gasteiger charge is -2.15. The maximum atomic E-state index is 12.3. The lowest BCUT2D eigenvalue weighted by Crippen LogP contribution is -2.12. The van der Waals surface area contributed by atoms with Crippen LogP contribution in [0, 0.1) is 6.92 Å². The number of rotatable bonds is 2. The summed E-state index contributed by atoms with van der Waals surface area (Å²) in [6, 6.07) is 1.63. The van der Waals surface area contributed by atoms with Gasteiger partial charge in [-0.2, -0.15) is 0 Å². The average Bonchev–Trinajstić information content (AvgIpc) is 2.62. The minimum Gasteiger partial charge on any atom is -0.507 e. The van der Waals surface area contributed by atoms with Crippen molar-refractivity contribution in [2.75, 3.05) is 14.1 Å². The van der Waals surface area contributed by atoms with E-state index in [1.165, 1.54) is 0 Å². The van der Waals surface area contributed by atoms with Gasteiger partial charge in [-0.3, -0.25) is 4.79 Å². The number of ketones is 1. The highest BCUT2D eigenvalue weighted by Crippen LogP contribution is 2.42. The minimum absolute atomic E-state index is 0.0903. The number of carbonyl (C=O) groups excluding carboxylic acids is 1. The molecule has 0 atom stereocenters. The predicted molar refractivity (Wildman–Crippen MR) is 73.6 cm³/mol. The highest BCUT2D eigenvalue weighted by atomic mass is 16.5. The number of Topliss-reactive ketones (excluding diaryl/α,β-unsaturated/α-hetero) is 1. The molecule has 0 amide bonds. The predicted octanol–water partition coefficient (Wildman–Crippen LogP) is 2.63. The topological polar surface area (TPSA) is 49.8 Å². The molecule has 0 spiro atoms. The van der Waals surface area contributed by atoms with Crippen molar-refractivity contribution in [3.63, 3.8) is 0 Å². The van der Waals surface area contributed by atoms with Gasteiger partial charge >= 0.3 is 0 Å². The van der Waals surface area contributed by atoms with Crippen LogP contribution in [0.3, 0.4) is 0 Å². The van der Waals surface area contributed by atoms with Gasteiger partial charge in [-0.05, 0) is 52.1 Å². The molecular weight excluding hydrogens is 242 g/mol. The van der Waals surface area contributed by atoms with Gasteiger partial charge in [0.15, 0.2) is 5.76 Å². The van der Waals surface area contributed by atoms with Crippen LogP contribution in [-0.2, 0) is 6.54 Å². The third-order valence-corrected chi connectivity index (χ3v) is 3.12. The van der Waals surface area contributed by atoms with E-state index in [1.807, 2.05) is 39.8 Å². The molecule has 0 saturated carbocycles. The van der Waals surface area contributed by atoms with Crippen LogP contribution in [0.5, 0.6) is 11.5 Å². The third-order valence-electron chi connectivity index (χ3n) is 3.12. The van der Waals surface area contributed by atoms with Gasteiger partial charge in [-0.25, -0.2) is 0 Å². The summed E-state index contributed by atoms with van der Waals surface area (Å²) in [7, 11) is 3.81. The first-order valence-corrected chi connectivity index (χ1v) is 6.23. The van der Waals surface area contributed by atoms with Crippen molar-refractivity contribution in [3.05, 3.63) is 34.1 Å². The number of phenols is 1. The summed E-state index contributed by atoms with van der Waals surface area (Å²) < 4.78 is 5.72. The summed E-state index contributed by atoms with van der Waals surface area (Å²) in [5, 5.41) is 10.1. The van der Waals surface area contributed by atoms with E-state index >= 15 is 0 Å². The Morgan fingerprint density at radius 2 is 2.00 bits per heavy atom. The number of carbonyl (C=O) groups is 1. The van der Waals surface area contributed by atoms with E-state index in [0.29, 0.717) is 29.2 Å². The normalized spacial score (nSPS) is 13.8. The zero-order valence-electron chi connectivity index (χ0n) is 12.0. The van der Waals surface area contributed by atoms with Crippen LogP contribution in [-0.4, -0.2) is 29.9 Å². The molecule has 4 nitrogen and oxygen atoms in total. The van der Waals surface area contributed by atoms with Gasteiger partial charge in [0.25, 0.3) is 0 Å². The van der Waals surface area contributed by atoms with Crippen LogP contribution in [0.4, 0.5) is 0 Å². The Balaban J connectivity index is 2.65. The minimum atomic E-state index is -0.0903. The zero-order chi connectivity index (χ0) is 14.3. The van der Waals surface area contributed by atoms with Crippen LogP contribution in [0.25, 0.3) is 0 Å². The molecule has 0 aromatic heterocycles. The molecule has 0 unspecified atom stereocenters. The number of benzene rings is 1. The first-order chi connectivity index (χ1) is 8.82. The van der Waals surface area contributed by atoms with E-state index in [4.69, 9.17) is 4.74 Å². The molecule has 0 fully saturated rings. The molecule has 4 heteroatoms. The average molecular weight is 261 g/mol. The number of nitrogens with zero attached hydrogens (tertiary/aromatic N) is 1. The fraction of sp³-hybridized carbons (Fsp3) is 0.400. The van der Waals surface area contributed by atoms with E-state index in [9.17, 15) is 9.90 Å². The molecule has 2 rings (SSSR count). The summed E-state index contributed by atoms with van der Waals surface area (Å²) >= 11 is 0. The van der Waals surface area contributed by atoms with Crippen molar-refractivity contribution in [3.8, 4) is 11.5 Å². The number of hydrogen-bond donors (Lipinski definition) is 1. The monoisotopic (exact) mass is 261 g/mol. The first kappa shape index (κ1) is 13.6. The van der Waals surface area contributed by atoms with E-state index < -0.39 is 0 Å². The van der Waals surface area contributed by atoms with Crippen LogP contribution in [0.15, 0.2) is 17.4 Å². The number of ether oxygens (including phenoxy) is 1. The SMILES string of the molecule is CC(C)=C1Oc2c(CN(C)C)c(O)cc(C)c2C1=O. The molecule has 0 bridgehead atoms. The Hall–Kier alpha value is -1.81. The summed E-state index contributed by atoms with van der Waals surface area (Å²) in [6.07, 6.45) is 0. The molecule has 1 aliphatic heterocycles. The van der Waals surface area contributed by atoms with Crippen LogP contribution >= 0.6 is 0 Å². The van der Waals surface area contributed by atoms with Gasteiger partial charge in [0, 0.05) is 6.54 Å². The van der Waals surface area contributed by atoms with Crippen LogP contribution < -0.4 is 4.74 Å². The van der Waals surface area contributed by atoms with Gasteiger partial charge in [0.2, 0.25) is 5.78 Å². The number of fused-ring (bicyclic) bond motifs is 1. The molecule has 1 N–H and O–H groups in total. The van der Waals surface area contributed by atoms with Gasteiger partial charge in [-0.1, -0.05) is 0 Å². The van der Waals surface area contributed by atoms with Crippen LogP contribution in [0.1, 0.15) is 35.3 Å². The molecule has 0 radical (unpaired) electrons. The van der Waals surface area contributed by atoms with Crippen molar-refractivity contribution in [1.82, 2.24) is 4.90 Å². The van der Waals surface area contributed by atoms with E-state index in [0.717, 1.165) is 11.1 Å². The van der Waals surface area contributed by atoms with Crippen molar-refractivity contribution >= 4 is 5.78 Å². The van der Waals surface area contributed by atoms with E-state index in [-0.39, 0.29) is 11.5 Å². The Morgan fingerprint density at radius 1 is 1.37 bits per heavy atom. The smallest absolute Gasteiger partial charge is 0.232 e. The Labute approximate surface area is 113 Å². The number of allylic oxidation sites excluding steroid dienone is 2. The maximum Gasteiger partial charge on any atom is 0.232 e. The second-order valence-electron chi connectivity index (χ2n) is 5.39. The van der Waals surface area contributed by atoms with Crippen molar-refractivity contribution in [1.29, 1.82) is 0 Å². The fourth-order valence-electron chi connectivity index (χ4n) is 2.27. The lowest BCUT2D eigenvalue weighted by atomic mass is 9.99. The maximum absolute atomic E-state index is 12.3. The first-order valence-electron chi connectivity index (χ1n) is 6.23. The largest absolute Gasteiger partial charge is 0.507 e. The second-order valence-corrected chi connectivity index (χ2v) is 5.39. The molecule has 19 heavy (non-hydrogen) atoms. The fourth-order valence-corrected chi connectivity index (χ4v) is 2.27. The van der Waals surface area contributed by atoms with Gasteiger partial charge in [0.05, 0.1) is 11.1 Å². The standard InChI is InChI=1S/C15H19NO3/c1-8(2)14-13(18)12-9(3)6-11(17)10(7-16(4)5)15(12)19-14/h6,17H,7H2,1-5H3. The summed E-state index contributed by atoms with van der Waals surface area (Å²) in [6.45, 7) is 6.03. The van der Waals surface area contributed by atoms with E-state index in [1.54, 1.807) is 6.07 Å². The summed E-state index contributed by atoms with van der Waals surface area (Å²) in [5.41, 5.74) is 2.83. The molecule has 1 aromatic rings. The van der Waals surface area contributed by atoms with Gasteiger partial charge < -0.3 is 14.7 Å². The highest BCUT2D eigenvalue weighted by molar-refractivity contribution is 6.14. The Kier molecular flexibility index (Phi) is 3.37.